The summed E-state index contributed by atoms with van der Waals surface area (Å²) in [5.74, 6) is 1.41. The predicted octanol–water partition coefficient (Wildman–Crippen LogP) is 4.05. The molecule has 2 N–H and O–H groups in total. The van der Waals surface area contributed by atoms with Crippen molar-refractivity contribution in [1.82, 2.24) is 9.88 Å². The highest BCUT2D eigenvalue weighted by Crippen LogP contribution is 2.52. The average molecular weight is 364 g/mol. The molecule has 5 fully saturated rings. The standard InChI is InChI=1S/C23H28N2O2/c1-13(19-12-24-20-4-2-3-18(21(19)20)15-5-6-15)22(26)25-16-7-14-8-17(25)11-23(27,9-14)10-16/h2-4,12-17,24,27H,5-11H2,1H3. The molecule has 3 aliphatic carbocycles. The summed E-state index contributed by atoms with van der Waals surface area (Å²) in [6.07, 6.45) is 9.26. The molecular weight excluding hydrogens is 336 g/mol. The quantitative estimate of drug-likeness (QED) is 0.863. The number of carbonyl (C=O) groups excluding carboxylic acids is 1. The van der Waals surface area contributed by atoms with Crippen molar-refractivity contribution in [3.8, 4) is 0 Å². The molecule has 3 unspecified atom stereocenters. The lowest BCUT2D eigenvalue weighted by atomic mass is 9.61. The maximum Gasteiger partial charge on any atom is 0.230 e. The summed E-state index contributed by atoms with van der Waals surface area (Å²) in [5.41, 5.74) is 3.22. The van der Waals surface area contributed by atoms with Crippen LogP contribution in [0.4, 0.5) is 0 Å². The highest BCUT2D eigenvalue weighted by Gasteiger charge is 2.55. The zero-order valence-corrected chi connectivity index (χ0v) is 15.9. The van der Waals surface area contributed by atoms with E-state index in [0.29, 0.717) is 11.8 Å². The van der Waals surface area contributed by atoms with Gasteiger partial charge < -0.3 is 15.0 Å². The van der Waals surface area contributed by atoms with Crippen molar-refractivity contribution in [2.45, 2.75) is 81.4 Å². The zero-order chi connectivity index (χ0) is 18.3. The Morgan fingerprint density at radius 3 is 2.63 bits per heavy atom. The maximum atomic E-state index is 13.6. The minimum atomic E-state index is -0.504. The normalized spacial score (nSPS) is 35.8. The molecule has 27 heavy (non-hydrogen) atoms. The van der Waals surface area contributed by atoms with E-state index in [-0.39, 0.29) is 23.9 Å². The molecule has 2 aromatic rings. The Balaban J connectivity index is 1.35. The largest absolute Gasteiger partial charge is 0.390 e. The molecule has 4 nitrogen and oxygen atoms in total. The van der Waals surface area contributed by atoms with E-state index in [0.717, 1.165) is 43.2 Å². The van der Waals surface area contributed by atoms with E-state index in [9.17, 15) is 9.90 Å². The number of benzene rings is 1. The molecule has 1 aromatic heterocycles. The Morgan fingerprint density at radius 1 is 1.22 bits per heavy atom. The lowest BCUT2D eigenvalue weighted by Gasteiger charge is -2.60. The fourth-order valence-corrected chi connectivity index (χ4v) is 6.62. The van der Waals surface area contributed by atoms with Crippen LogP contribution in [0.1, 0.15) is 74.8 Å². The number of aromatic nitrogens is 1. The maximum absolute atomic E-state index is 13.6. The van der Waals surface area contributed by atoms with Crippen LogP contribution in [0.5, 0.6) is 0 Å². The third-order valence-electron chi connectivity index (χ3n) is 7.77. The second-order valence-electron chi connectivity index (χ2n) is 9.74. The number of rotatable bonds is 3. The fourth-order valence-electron chi connectivity index (χ4n) is 6.62. The van der Waals surface area contributed by atoms with Crippen LogP contribution in [0.2, 0.25) is 0 Å². The van der Waals surface area contributed by atoms with Gasteiger partial charge in [-0.15, -0.1) is 0 Å². The number of carbonyl (C=O) groups is 1. The van der Waals surface area contributed by atoms with E-state index in [1.165, 1.54) is 23.8 Å². The van der Waals surface area contributed by atoms with Gasteiger partial charge >= 0.3 is 0 Å². The minimum Gasteiger partial charge on any atom is -0.390 e. The van der Waals surface area contributed by atoms with E-state index < -0.39 is 5.60 Å². The van der Waals surface area contributed by atoms with Crippen molar-refractivity contribution < 1.29 is 9.90 Å². The summed E-state index contributed by atoms with van der Waals surface area (Å²) in [7, 11) is 0. The molecule has 1 amide bonds. The van der Waals surface area contributed by atoms with Crippen molar-refractivity contribution in [2.75, 3.05) is 0 Å². The molecule has 4 heteroatoms. The van der Waals surface area contributed by atoms with Gasteiger partial charge in [0, 0.05) is 29.2 Å². The van der Waals surface area contributed by atoms with E-state index in [4.69, 9.17) is 0 Å². The third-order valence-corrected chi connectivity index (χ3v) is 7.77. The first-order valence-corrected chi connectivity index (χ1v) is 10.7. The number of hydrogen-bond acceptors (Lipinski definition) is 2. The highest BCUT2D eigenvalue weighted by atomic mass is 16.3. The van der Waals surface area contributed by atoms with Gasteiger partial charge in [-0.3, -0.25) is 4.79 Å². The van der Waals surface area contributed by atoms with Gasteiger partial charge in [0.25, 0.3) is 0 Å². The van der Waals surface area contributed by atoms with Crippen LogP contribution in [-0.2, 0) is 4.79 Å². The van der Waals surface area contributed by atoms with Crippen LogP contribution in [0.25, 0.3) is 10.9 Å². The molecule has 0 spiro atoms. The number of fused-ring (bicyclic) bond motifs is 1. The molecule has 5 aliphatic rings. The lowest BCUT2D eigenvalue weighted by Crippen LogP contribution is -2.66. The first-order valence-electron chi connectivity index (χ1n) is 10.7. The molecule has 2 saturated heterocycles. The van der Waals surface area contributed by atoms with Gasteiger partial charge in [0.2, 0.25) is 5.91 Å². The van der Waals surface area contributed by atoms with E-state index >= 15 is 0 Å². The minimum absolute atomic E-state index is 0.134. The number of nitrogens with one attached hydrogen (secondary N) is 1. The van der Waals surface area contributed by atoms with Crippen LogP contribution in [0.3, 0.4) is 0 Å². The second kappa shape index (κ2) is 5.38. The Morgan fingerprint density at radius 2 is 1.96 bits per heavy atom. The molecular formula is C23H28N2O2. The van der Waals surface area contributed by atoms with Gasteiger partial charge in [0.05, 0.1) is 11.5 Å². The topological polar surface area (TPSA) is 56.3 Å². The van der Waals surface area contributed by atoms with Crippen molar-refractivity contribution in [3.63, 3.8) is 0 Å². The molecule has 142 valence electrons. The van der Waals surface area contributed by atoms with Crippen molar-refractivity contribution in [1.29, 1.82) is 0 Å². The summed E-state index contributed by atoms with van der Waals surface area (Å²) in [6.45, 7) is 2.08. The average Bonchev–Trinajstić information content (AvgIpc) is 3.37. The molecule has 3 heterocycles. The molecule has 7 rings (SSSR count). The SMILES string of the molecule is CC(C(=O)N1C2CC3CC1CC(O)(C3)C2)c1c[nH]c2cccc(C3CC3)c12. The second-order valence-corrected chi connectivity index (χ2v) is 9.74. The Bertz CT molecular complexity index is 912. The Kier molecular flexibility index (Phi) is 3.22. The predicted molar refractivity (Wildman–Crippen MR) is 105 cm³/mol. The number of nitrogens with zero attached hydrogens (tertiary/aromatic N) is 1. The fraction of sp³-hybridized carbons (Fsp3) is 0.609. The molecule has 3 saturated carbocycles. The van der Waals surface area contributed by atoms with Crippen LogP contribution < -0.4 is 0 Å². The lowest BCUT2D eigenvalue weighted by molar-refractivity contribution is -0.175. The van der Waals surface area contributed by atoms with Gasteiger partial charge in [-0.2, -0.15) is 0 Å². The van der Waals surface area contributed by atoms with Crippen molar-refractivity contribution in [2.24, 2.45) is 5.92 Å². The summed E-state index contributed by atoms with van der Waals surface area (Å²) < 4.78 is 0. The van der Waals surface area contributed by atoms with Gasteiger partial charge in [-0.25, -0.2) is 0 Å². The number of piperidine rings is 2. The molecule has 0 radical (unpaired) electrons. The van der Waals surface area contributed by atoms with Crippen LogP contribution in [-0.4, -0.2) is 38.6 Å². The molecule has 1 aromatic carbocycles. The smallest absolute Gasteiger partial charge is 0.230 e. The van der Waals surface area contributed by atoms with Crippen LogP contribution in [0.15, 0.2) is 24.4 Å². The van der Waals surface area contributed by atoms with Crippen molar-refractivity contribution >= 4 is 16.8 Å². The molecule has 2 aliphatic heterocycles. The number of aliphatic hydroxyl groups is 1. The summed E-state index contributed by atoms with van der Waals surface area (Å²) in [4.78, 5) is 19.2. The van der Waals surface area contributed by atoms with Crippen LogP contribution in [0, 0.1) is 5.92 Å². The number of amides is 1. The molecule has 3 atom stereocenters. The van der Waals surface area contributed by atoms with E-state index in [1.807, 2.05) is 0 Å². The number of aromatic amines is 1. The Labute approximate surface area is 159 Å². The van der Waals surface area contributed by atoms with Crippen LogP contribution >= 0.6 is 0 Å². The van der Waals surface area contributed by atoms with E-state index in [2.05, 4.69) is 41.2 Å². The molecule has 4 bridgehead atoms. The third kappa shape index (κ3) is 2.35. The van der Waals surface area contributed by atoms with Gasteiger partial charge in [0.1, 0.15) is 0 Å². The monoisotopic (exact) mass is 364 g/mol. The summed E-state index contributed by atoms with van der Waals surface area (Å²) in [5, 5.41) is 12.1. The van der Waals surface area contributed by atoms with Gasteiger partial charge in [-0.05, 0) is 80.9 Å². The van der Waals surface area contributed by atoms with Crippen molar-refractivity contribution in [3.05, 3.63) is 35.5 Å². The van der Waals surface area contributed by atoms with E-state index in [1.54, 1.807) is 0 Å². The first-order chi connectivity index (χ1) is 13.0. The first kappa shape index (κ1) is 16.2. The number of H-pyrrole nitrogens is 1. The van der Waals surface area contributed by atoms with Gasteiger partial charge in [0.15, 0.2) is 0 Å². The summed E-state index contributed by atoms with van der Waals surface area (Å²) >= 11 is 0. The number of hydrogen-bond donors (Lipinski definition) is 2. The highest BCUT2D eigenvalue weighted by molar-refractivity contribution is 5.94. The zero-order valence-electron chi connectivity index (χ0n) is 15.9. The summed E-state index contributed by atoms with van der Waals surface area (Å²) in [6, 6.07) is 6.98. The van der Waals surface area contributed by atoms with Gasteiger partial charge in [-0.1, -0.05) is 12.1 Å². The Hall–Kier alpha value is -1.81.